The van der Waals surface area contributed by atoms with Crippen molar-refractivity contribution in [1.29, 1.82) is 0 Å². The first-order valence-corrected chi connectivity index (χ1v) is 6.35. The van der Waals surface area contributed by atoms with Crippen LogP contribution in [0.4, 0.5) is 4.39 Å². The summed E-state index contributed by atoms with van der Waals surface area (Å²) in [5.74, 6) is -2.61. The molecule has 1 N–H and O–H groups in total. The Balaban J connectivity index is 2.98. The average molecular weight is 284 g/mol. The lowest BCUT2D eigenvalue weighted by molar-refractivity contribution is -0.151. The Morgan fingerprint density at radius 3 is 2.60 bits per heavy atom. The molecule has 0 saturated heterocycles. The van der Waals surface area contributed by atoms with Crippen LogP contribution in [0.15, 0.2) is 18.2 Å². The summed E-state index contributed by atoms with van der Waals surface area (Å²) in [6.07, 6.45) is 0.144. The molecule has 20 heavy (non-hydrogen) atoms. The maximum atomic E-state index is 13.1. The van der Waals surface area contributed by atoms with E-state index in [1.54, 1.807) is 6.92 Å². The van der Waals surface area contributed by atoms with Crippen molar-refractivity contribution in [1.82, 2.24) is 0 Å². The zero-order valence-corrected chi connectivity index (χ0v) is 11.4. The molecule has 0 saturated carbocycles. The Kier molecular flexibility index (Phi) is 5.96. The summed E-state index contributed by atoms with van der Waals surface area (Å²) < 4.78 is 23.3. The van der Waals surface area contributed by atoms with Crippen molar-refractivity contribution >= 4 is 11.9 Å². The van der Waals surface area contributed by atoms with Gasteiger partial charge < -0.3 is 14.6 Å². The van der Waals surface area contributed by atoms with Crippen LogP contribution < -0.4 is 4.74 Å². The number of carbonyl (C=O) groups is 2. The fourth-order valence-electron chi connectivity index (χ4n) is 1.65. The first-order valence-electron chi connectivity index (χ1n) is 6.35. The molecule has 0 fully saturated rings. The number of hydrogen-bond acceptors (Lipinski definition) is 4. The second-order valence-corrected chi connectivity index (χ2v) is 4.09. The SMILES string of the molecule is CCCC(Oc1ccc(F)cc1C(=O)O)C(=O)OCC. The molecule has 1 atom stereocenters. The van der Waals surface area contributed by atoms with Gasteiger partial charge in [-0.1, -0.05) is 13.3 Å². The summed E-state index contributed by atoms with van der Waals surface area (Å²) in [6.45, 7) is 3.73. The van der Waals surface area contributed by atoms with Gasteiger partial charge >= 0.3 is 11.9 Å². The summed E-state index contributed by atoms with van der Waals surface area (Å²) >= 11 is 0. The van der Waals surface area contributed by atoms with Crippen LogP contribution in [0.2, 0.25) is 0 Å². The van der Waals surface area contributed by atoms with E-state index in [9.17, 15) is 14.0 Å². The summed E-state index contributed by atoms with van der Waals surface area (Å²) in [7, 11) is 0. The van der Waals surface area contributed by atoms with Gasteiger partial charge in [0.2, 0.25) is 0 Å². The van der Waals surface area contributed by atoms with Gasteiger partial charge in [-0.3, -0.25) is 0 Å². The van der Waals surface area contributed by atoms with Crippen LogP contribution in [-0.2, 0) is 9.53 Å². The molecule has 1 aromatic carbocycles. The summed E-state index contributed by atoms with van der Waals surface area (Å²) in [6, 6.07) is 3.13. The van der Waals surface area contributed by atoms with E-state index >= 15 is 0 Å². The van der Waals surface area contributed by atoms with Gasteiger partial charge in [0.25, 0.3) is 0 Å². The predicted molar refractivity (Wildman–Crippen MR) is 69.3 cm³/mol. The van der Waals surface area contributed by atoms with Crippen LogP contribution in [0.5, 0.6) is 5.75 Å². The van der Waals surface area contributed by atoms with E-state index < -0.39 is 23.9 Å². The predicted octanol–water partition coefficient (Wildman–Crippen LogP) is 2.63. The molecule has 1 rings (SSSR count). The molecule has 0 aliphatic rings. The van der Waals surface area contributed by atoms with E-state index in [1.807, 2.05) is 6.92 Å². The normalized spacial score (nSPS) is 11.8. The van der Waals surface area contributed by atoms with Crippen LogP contribution in [0.3, 0.4) is 0 Å². The fourth-order valence-corrected chi connectivity index (χ4v) is 1.65. The summed E-state index contributed by atoms with van der Waals surface area (Å²) in [5.41, 5.74) is -0.324. The lowest BCUT2D eigenvalue weighted by Crippen LogP contribution is -2.30. The topological polar surface area (TPSA) is 72.8 Å². The molecule has 0 aromatic heterocycles. The van der Waals surface area contributed by atoms with Crippen LogP contribution in [-0.4, -0.2) is 29.8 Å². The minimum Gasteiger partial charge on any atom is -0.478 e. The smallest absolute Gasteiger partial charge is 0.347 e. The first-order chi connectivity index (χ1) is 9.49. The highest BCUT2D eigenvalue weighted by atomic mass is 19.1. The number of ether oxygens (including phenoxy) is 2. The third-order valence-electron chi connectivity index (χ3n) is 2.54. The number of rotatable bonds is 7. The van der Waals surface area contributed by atoms with Gasteiger partial charge in [-0.15, -0.1) is 0 Å². The van der Waals surface area contributed by atoms with Crippen LogP contribution in [0, 0.1) is 5.82 Å². The molecule has 5 nitrogen and oxygen atoms in total. The molecular weight excluding hydrogens is 267 g/mol. The Morgan fingerprint density at radius 2 is 2.05 bits per heavy atom. The van der Waals surface area contributed by atoms with Gasteiger partial charge in [-0.25, -0.2) is 14.0 Å². The van der Waals surface area contributed by atoms with E-state index in [0.29, 0.717) is 12.8 Å². The summed E-state index contributed by atoms with van der Waals surface area (Å²) in [4.78, 5) is 22.8. The Labute approximate surface area is 116 Å². The molecule has 6 heteroatoms. The van der Waals surface area contributed by atoms with E-state index in [1.165, 1.54) is 6.07 Å². The number of hydrogen-bond donors (Lipinski definition) is 1. The maximum absolute atomic E-state index is 13.1. The molecule has 110 valence electrons. The highest BCUT2D eigenvalue weighted by Gasteiger charge is 2.23. The van der Waals surface area contributed by atoms with Crippen molar-refractivity contribution < 1.29 is 28.6 Å². The molecule has 0 spiro atoms. The lowest BCUT2D eigenvalue weighted by Gasteiger charge is -2.18. The van der Waals surface area contributed by atoms with Gasteiger partial charge in [-0.05, 0) is 31.5 Å². The first kappa shape index (κ1) is 15.9. The van der Waals surface area contributed by atoms with E-state index in [2.05, 4.69) is 0 Å². The molecule has 1 aromatic rings. The number of halogens is 1. The summed E-state index contributed by atoms with van der Waals surface area (Å²) in [5, 5.41) is 9.01. The number of benzene rings is 1. The average Bonchev–Trinajstić information content (AvgIpc) is 2.40. The Morgan fingerprint density at radius 1 is 1.35 bits per heavy atom. The van der Waals surface area contributed by atoms with Gasteiger partial charge in [0, 0.05) is 0 Å². The number of carbonyl (C=O) groups excluding carboxylic acids is 1. The molecule has 0 radical (unpaired) electrons. The van der Waals surface area contributed by atoms with E-state index in [4.69, 9.17) is 14.6 Å². The number of aromatic carboxylic acids is 1. The molecule has 0 heterocycles. The van der Waals surface area contributed by atoms with Crippen molar-refractivity contribution in [3.05, 3.63) is 29.6 Å². The van der Waals surface area contributed by atoms with E-state index in [-0.39, 0.29) is 17.9 Å². The van der Waals surface area contributed by atoms with Gasteiger partial charge in [-0.2, -0.15) is 0 Å². The minimum absolute atomic E-state index is 0.0506. The van der Waals surface area contributed by atoms with Crippen molar-refractivity contribution in [2.24, 2.45) is 0 Å². The zero-order valence-electron chi connectivity index (χ0n) is 11.4. The quantitative estimate of drug-likeness (QED) is 0.779. The number of carboxylic acids is 1. The Bertz CT molecular complexity index is 486. The molecule has 0 aliphatic heterocycles. The lowest BCUT2D eigenvalue weighted by atomic mass is 10.1. The molecule has 0 bridgehead atoms. The number of esters is 1. The van der Waals surface area contributed by atoms with Crippen LogP contribution in [0.1, 0.15) is 37.0 Å². The van der Waals surface area contributed by atoms with Crippen molar-refractivity contribution in [3.8, 4) is 5.75 Å². The van der Waals surface area contributed by atoms with Gasteiger partial charge in [0.05, 0.1) is 6.61 Å². The fraction of sp³-hybridized carbons (Fsp3) is 0.429. The Hall–Kier alpha value is -2.11. The third kappa shape index (κ3) is 4.22. The second kappa shape index (κ2) is 7.47. The van der Waals surface area contributed by atoms with Crippen molar-refractivity contribution in [2.45, 2.75) is 32.8 Å². The molecular formula is C14H17FO5. The van der Waals surface area contributed by atoms with Gasteiger partial charge in [0.15, 0.2) is 6.10 Å². The standard InChI is InChI=1S/C14H17FO5/c1-3-5-12(14(18)19-4-2)20-11-7-6-9(15)8-10(11)13(16)17/h6-8,12H,3-5H2,1-2H3,(H,16,17). The molecule has 1 unspecified atom stereocenters. The van der Waals surface area contributed by atoms with Crippen LogP contribution in [0.25, 0.3) is 0 Å². The third-order valence-corrected chi connectivity index (χ3v) is 2.54. The van der Waals surface area contributed by atoms with E-state index in [0.717, 1.165) is 12.1 Å². The largest absolute Gasteiger partial charge is 0.478 e. The van der Waals surface area contributed by atoms with Crippen LogP contribution >= 0.6 is 0 Å². The molecule has 0 amide bonds. The zero-order chi connectivity index (χ0) is 15.1. The highest BCUT2D eigenvalue weighted by Crippen LogP contribution is 2.22. The highest BCUT2D eigenvalue weighted by molar-refractivity contribution is 5.91. The van der Waals surface area contributed by atoms with Crippen molar-refractivity contribution in [2.75, 3.05) is 6.61 Å². The van der Waals surface area contributed by atoms with Crippen molar-refractivity contribution in [3.63, 3.8) is 0 Å². The maximum Gasteiger partial charge on any atom is 0.347 e. The number of carboxylic acid groups (broad SMARTS) is 1. The molecule has 0 aliphatic carbocycles. The minimum atomic E-state index is -1.32. The monoisotopic (exact) mass is 284 g/mol. The van der Waals surface area contributed by atoms with Gasteiger partial charge in [0.1, 0.15) is 17.1 Å². The second-order valence-electron chi connectivity index (χ2n) is 4.09.